The molecule has 0 aromatic carbocycles. The first-order valence-electron chi connectivity index (χ1n) is 2.55. The molecule has 0 amide bonds. The largest absolute Gasteiger partial charge is 0.413 e. The van der Waals surface area contributed by atoms with Gasteiger partial charge in [0.25, 0.3) is 0 Å². The molecule has 0 saturated heterocycles. The maximum absolute atomic E-state index is 12.1. The minimum absolute atomic E-state index is 0.477. The van der Waals surface area contributed by atoms with Crippen LogP contribution < -0.4 is 0 Å². The van der Waals surface area contributed by atoms with E-state index in [-0.39, 0.29) is 0 Å². The smallest absolute Gasteiger partial charge is 0.206 e. The van der Waals surface area contributed by atoms with Gasteiger partial charge in [-0.15, -0.1) is 0 Å². The van der Waals surface area contributed by atoms with Gasteiger partial charge in [0.1, 0.15) is 5.83 Å². The molecule has 0 aromatic rings. The van der Waals surface area contributed by atoms with Crippen molar-refractivity contribution >= 4 is 22.6 Å². The molecule has 64 valence electrons. The van der Waals surface area contributed by atoms with E-state index in [1.807, 2.05) is 0 Å². The lowest BCUT2D eigenvalue weighted by Gasteiger charge is -2.07. The summed E-state index contributed by atoms with van der Waals surface area (Å²) in [7, 11) is 0. The second-order valence-corrected chi connectivity index (χ2v) is 2.92. The van der Waals surface area contributed by atoms with Gasteiger partial charge in [-0.3, -0.25) is 0 Å². The molecule has 0 fully saturated rings. The van der Waals surface area contributed by atoms with Crippen molar-refractivity contribution < 1.29 is 17.6 Å². The minimum atomic E-state index is -4.47. The molecule has 0 radical (unpaired) electrons. The normalized spacial score (nSPS) is 14.4. The number of alkyl halides is 3. The number of allylic oxidation sites excluding steroid dienone is 3. The Morgan fingerprint density at radius 2 is 1.73 bits per heavy atom. The molecular formula is C6H5F4I. The van der Waals surface area contributed by atoms with Crippen LogP contribution in [-0.2, 0) is 0 Å². The Balaban J connectivity index is 4.82. The maximum Gasteiger partial charge on any atom is 0.413 e. The molecule has 0 aromatic heterocycles. The second-order valence-electron chi connectivity index (χ2n) is 1.84. The van der Waals surface area contributed by atoms with Crippen LogP contribution >= 0.6 is 22.6 Å². The lowest BCUT2D eigenvalue weighted by atomic mass is 10.2. The lowest BCUT2D eigenvalue weighted by Crippen LogP contribution is -2.10. The van der Waals surface area contributed by atoms with Crippen molar-refractivity contribution in [3.63, 3.8) is 0 Å². The third kappa shape index (κ3) is 3.22. The van der Waals surface area contributed by atoms with Gasteiger partial charge in [-0.25, -0.2) is 4.39 Å². The summed E-state index contributed by atoms with van der Waals surface area (Å²) >= 11 is 1.27. The topological polar surface area (TPSA) is 0 Å². The Hall–Kier alpha value is -0.0700. The van der Waals surface area contributed by atoms with Crippen LogP contribution in [0.5, 0.6) is 0 Å². The standard InChI is InChI=1S/C6H5F4I/c1-3(6(8,9)10)5(11)4(2)7/h2H2,1H3/b5-3-. The summed E-state index contributed by atoms with van der Waals surface area (Å²) in [6.45, 7) is 3.57. The van der Waals surface area contributed by atoms with Gasteiger partial charge in [-0.2, -0.15) is 13.2 Å². The third-order valence-electron chi connectivity index (χ3n) is 0.993. The fourth-order valence-corrected chi connectivity index (χ4v) is 0.634. The molecule has 0 spiro atoms. The molecule has 0 saturated carbocycles. The molecule has 5 heteroatoms. The Morgan fingerprint density at radius 3 is 1.82 bits per heavy atom. The summed E-state index contributed by atoms with van der Waals surface area (Å²) in [5.74, 6) is -1.06. The summed E-state index contributed by atoms with van der Waals surface area (Å²) in [5.41, 5.74) is -0.953. The Bertz CT molecular complexity index is 201. The van der Waals surface area contributed by atoms with Gasteiger partial charge in [0, 0.05) is 5.57 Å². The van der Waals surface area contributed by atoms with E-state index in [0.717, 1.165) is 6.92 Å². The van der Waals surface area contributed by atoms with Gasteiger partial charge in [-0.1, -0.05) is 6.58 Å². The highest BCUT2D eigenvalue weighted by Crippen LogP contribution is 2.33. The first-order chi connectivity index (χ1) is 4.76. The van der Waals surface area contributed by atoms with Crippen molar-refractivity contribution in [1.82, 2.24) is 0 Å². The molecule has 0 rings (SSSR count). The van der Waals surface area contributed by atoms with Crippen molar-refractivity contribution in [1.29, 1.82) is 0 Å². The molecule has 0 heterocycles. The van der Waals surface area contributed by atoms with Crippen LogP contribution in [0, 0.1) is 0 Å². The zero-order valence-electron chi connectivity index (χ0n) is 5.60. The molecule has 0 bridgehead atoms. The highest BCUT2D eigenvalue weighted by atomic mass is 127. The van der Waals surface area contributed by atoms with E-state index in [4.69, 9.17) is 0 Å². The molecule has 0 aliphatic rings. The molecule has 0 nitrogen and oxygen atoms in total. The predicted molar refractivity (Wildman–Crippen MR) is 43.0 cm³/mol. The zero-order valence-corrected chi connectivity index (χ0v) is 7.75. The number of rotatable bonds is 1. The quantitative estimate of drug-likeness (QED) is 0.390. The first-order valence-corrected chi connectivity index (χ1v) is 3.63. The van der Waals surface area contributed by atoms with Crippen LogP contribution in [0.15, 0.2) is 21.6 Å². The van der Waals surface area contributed by atoms with Gasteiger partial charge in [0.2, 0.25) is 0 Å². The predicted octanol–water partition coefficient (Wildman–Crippen LogP) is 3.74. The molecule has 0 atom stereocenters. The number of halogens is 5. The van der Waals surface area contributed by atoms with Gasteiger partial charge in [0.15, 0.2) is 0 Å². The number of hydrogen-bond acceptors (Lipinski definition) is 0. The first kappa shape index (κ1) is 10.9. The third-order valence-corrected chi connectivity index (χ3v) is 2.39. The van der Waals surface area contributed by atoms with E-state index in [1.165, 1.54) is 22.6 Å². The monoisotopic (exact) mass is 280 g/mol. The Morgan fingerprint density at radius 1 is 1.36 bits per heavy atom. The van der Waals surface area contributed by atoms with Gasteiger partial charge >= 0.3 is 6.18 Å². The van der Waals surface area contributed by atoms with Crippen molar-refractivity contribution in [2.75, 3.05) is 0 Å². The highest BCUT2D eigenvalue weighted by molar-refractivity contribution is 14.1. The fraction of sp³-hybridized carbons (Fsp3) is 0.333. The van der Waals surface area contributed by atoms with Gasteiger partial charge in [0.05, 0.1) is 3.58 Å². The second kappa shape index (κ2) is 3.55. The summed E-state index contributed by atoms with van der Waals surface area (Å²) in [6.07, 6.45) is -4.47. The average molecular weight is 280 g/mol. The molecular weight excluding hydrogens is 275 g/mol. The van der Waals surface area contributed by atoms with Crippen LogP contribution in [0.1, 0.15) is 6.92 Å². The zero-order chi connectivity index (χ0) is 9.23. The summed E-state index contributed by atoms with van der Waals surface area (Å²) in [6, 6.07) is 0. The van der Waals surface area contributed by atoms with Crippen LogP contribution in [0.4, 0.5) is 17.6 Å². The fourth-order valence-electron chi connectivity index (χ4n) is 0.328. The summed E-state index contributed by atoms with van der Waals surface area (Å²) in [5, 5.41) is 0. The van der Waals surface area contributed by atoms with Crippen molar-refractivity contribution in [3.8, 4) is 0 Å². The van der Waals surface area contributed by atoms with E-state index in [9.17, 15) is 17.6 Å². The SMILES string of the molecule is C=C(F)/C(I)=C(\C)C(F)(F)F. The van der Waals surface area contributed by atoms with Crippen LogP contribution in [0.25, 0.3) is 0 Å². The lowest BCUT2D eigenvalue weighted by molar-refractivity contribution is -0.0915. The van der Waals surface area contributed by atoms with Crippen molar-refractivity contribution in [3.05, 3.63) is 21.6 Å². The molecule has 0 aliphatic carbocycles. The molecule has 0 unspecified atom stereocenters. The number of hydrogen-bond donors (Lipinski definition) is 0. The minimum Gasteiger partial charge on any atom is -0.206 e. The Labute approximate surface area is 75.1 Å². The maximum atomic E-state index is 12.1. The van der Waals surface area contributed by atoms with E-state index in [0.29, 0.717) is 0 Å². The van der Waals surface area contributed by atoms with E-state index >= 15 is 0 Å². The van der Waals surface area contributed by atoms with Crippen LogP contribution in [0.2, 0.25) is 0 Å². The van der Waals surface area contributed by atoms with E-state index < -0.39 is 21.2 Å². The summed E-state index contributed by atoms with van der Waals surface area (Å²) < 4.78 is 47.0. The van der Waals surface area contributed by atoms with E-state index in [2.05, 4.69) is 6.58 Å². The van der Waals surface area contributed by atoms with Crippen LogP contribution in [-0.4, -0.2) is 6.18 Å². The van der Waals surface area contributed by atoms with Gasteiger partial charge in [-0.05, 0) is 29.5 Å². The molecule has 0 N–H and O–H groups in total. The Kier molecular flexibility index (Phi) is 3.53. The van der Waals surface area contributed by atoms with Gasteiger partial charge < -0.3 is 0 Å². The summed E-state index contributed by atoms with van der Waals surface area (Å²) in [4.78, 5) is 0. The van der Waals surface area contributed by atoms with Crippen LogP contribution in [0.3, 0.4) is 0 Å². The average Bonchev–Trinajstić information content (AvgIpc) is 1.82. The van der Waals surface area contributed by atoms with E-state index in [1.54, 1.807) is 0 Å². The molecule has 11 heavy (non-hydrogen) atoms. The highest BCUT2D eigenvalue weighted by Gasteiger charge is 2.32. The van der Waals surface area contributed by atoms with Crippen molar-refractivity contribution in [2.24, 2.45) is 0 Å². The van der Waals surface area contributed by atoms with Crippen molar-refractivity contribution in [2.45, 2.75) is 13.1 Å². The molecule has 0 aliphatic heterocycles.